The Morgan fingerprint density at radius 2 is 1.77 bits per heavy atom. The van der Waals surface area contributed by atoms with Gasteiger partial charge in [-0.3, -0.25) is 9.10 Å². The topological polar surface area (TPSA) is 124 Å². The van der Waals surface area contributed by atoms with Crippen LogP contribution in [0.15, 0.2) is 76.1 Å². The minimum Gasteiger partial charge on any atom is -0.497 e. The van der Waals surface area contributed by atoms with Crippen molar-refractivity contribution in [3.05, 3.63) is 89.6 Å². The van der Waals surface area contributed by atoms with Crippen LogP contribution < -0.4 is 19.1 Å². The zero-order chi connectivity index (χ0) is 28.9. The summed E-state index contributed by atoms with van der Waals surface area (Å²) in [5.41, 5.74) is 2.45. The SMILES string of the molecule is COc1cccc(N(CC(=O)Nc2ccc(Cc3noc(C(C)C)n3)cc2)S(=O)(=O)c2cc(C)ccc2OC)c1. The number of hydrogen-bond donors (Lipinski definition) is 1. The van der Waals surface area contributed by atoms with Gasteiger partial charge in [0, 0.05) is 24.1 Å². The van der Waals surface area contributed by atoms with Crippen molar-refractivity contribution in [3.63, 3.8) is 0 Å². The van der Waals surface area contributed by atoms with Crippen molar-refractivity contribution in [2.75, 3.05) is 30.4 Å². The van der Waals surface area contributed by atoms with Crippen molar-refractivity contribution < 1.29 is 27.2 Å². The lowest BCUT2D eigenvalue weighted by Crippen LogP contribution is -2.38. The zero-order valence-corrected chi connectivity index (χ0v) is 23.9. The highest BCUT2D eigenvalue weighted by Crippen LogP contribution is 2.32. The standard InChI is InChI=1S/C29H32N4O6S/c1-19(2)29-31-27(32-39-29)16-21-10-12-22(13-11-21)30-28(34)18-33(23-7-6-8-24(17-23)37-4)40(35,36)26-15-20(3)9-14-25(26)38-5/h6-15,17,19H,16,18H2,1-5H3,(H,30,34). The molecule has 0 unspecified atom stereocenters. The fourth-order valence-electron chi connectivity index (χ4n) is 3.98. The predicted octanol–water partition coefficient (Wildman–Crippen LogP) is 4.94. The summed E-state index contributed by atoms with van der Waals surface area (Å²) in [6.45, 7) is 5.27. The summed E-state index contributed by atoms with van der Waals surface area (Å²) >= 11 is 0. The number of nitrogens with zero attached hydrogens (tertiary/aromatic N) is 3. The molecular weight excluding hydrogens is 532 g/mol. The van der Waals surface area contributed by atoms with Gasteiger partial charge < -0.3 is 19.3 Å². The number of ether oxygens (including phenoxy) is 2. The van der Waals surface area contributed by atoms with Crippen LogP contribution in [0, 0.1) is 6.92 Å². The first-order valence-corrected chi connectivity index (χ1v) is 14.1. The van der Waals surface area contributed by atoms with Gasteiger partial charge in [-0.1, -0.05) is 43.3 Å². The smallest absolute Gasteiger partial charge is 0.268 e. The van der Waals surface area contributed by atoms with Gasteiger partial charge in [0.05, 0.1) is 19.9 Å². The summed E-state index contributed by atoms with van der Waals surface area (Å²) in [4.78, 5) is 17.5. The molecule has 0 fully saturated rings. The highest BCUT2D eigenvalue weighted by atomic mass is 32.2. The predicted molar refractivity (Wildman–Crippen MR) is 152 cm³/mol. The second-order valence-corrected chi connectivity index (χ2v) is 11.3. The maximum Gasteiger partial charge on any atom is 0.268 e. The molecule has 3 aromatic carbocycles. The molecule has 0 radical (unpaired) electrons. The number of anilines is 2. The molecule has 0 saturated heterocycles. The minimum atomic E-state index is -4.21. The van der Waals surface area contributed by atoms with Crippen LogP contribution in [0.25, 0.3) is 0 Å². The van der Waals surface area contributed by atoms with Crippen LogP contribution in [0.3, 0.4) is 0 Å². The van der Waals surface area contributed by atoms with Gasteiger partial charge >= 0.3 is 0 Å². The van der Waals surface area contributed by atoms with Gasteiger partial charge in [0.1, 0.15) is 22.9 Å². The Labute approximate surface area is 234 Å². The monoisotopic (exact) mass is 564 g/mol. The maximum atomic E-state index is 13.9. The Morgan fingerprint density at radius 3 is 2.42 bits per heavy atom. The lowest BCUT2D eigenvalue weighted by Gasteiger charge is -2.25. The van der Waals surface area contributed by atoms with Crippen molar-refractivity contribution in [1.82, 2.24) is 10.1 Å². The van der Waals surface area contributed by atoms with Gasteiger partial charge in [0.15, 0.2) is 5.82 Å². The molecule has 11 heteroatoms. The van der Waals surface area contributed by atoms with Crippen LogP contribution >= 0.6 is 0 Å². The second kappa shape index (κ2) is 12.2. The van der Waals surface area contributed by atoms with Crippen LogP contribution in [0.4, 0.5) is 11.4 Å². The number of amides is 1. The van der Waals surface area contributed by atoms with Crippen LogP contribution in [0.5, 0.6) is 11.5 Å². The van der Waals surface area contributed by atoms with E-state index in [9.17, 15) is 13.2 Å². The number of methoxy groups -OCH3 is 2. The van der Waals surface area contributed by atoms with Crippen LogP contribution in [-0.4, -0.2) is 45.2 Å². The summed E-state index contributed by atoms with van der Waals surface area (Å²) < 4.78 is 44.8. The molecule has 40 heavy (non-hydrogen) atoms. The number of hydrogen-bond acceptors (Lipinski definition) is 8. The molecule has 0 spiro atoms. The van der Waals surface area contributed by atoms with Gasteiger partial charge in [-0.05, 0) is 54.4 Å². The third-order valence-corrected chi connectivity index (χ3v) is 7.89. The van der Waals surface area contributed by atoms with Gasteiger partial charge in [-0.25, -0.2) is 8.42 Å². The summed E-state index contributed by atoms with van der Waals surface area (Å²) in [6, 6.07) is 18.6. The van der Waals surface area contributed by atoms with Crippen LogP contribution in [0.1, 0.15) is 42.6 Å². The number of sulfonamides is 1. The molecule has 4 aromatic rings. The van der Waals surface area contributed by atoms with E-state index in [1.807, 2.05) is 26.0 Å². The van der Waals surface area contributed by atoms with Gasteiger partial charge in [-0.2, -0.15) is 4.98 Å². The molecule has 1 aromatic heterocycles. The van der Waals surface area contributed by atoms with Crippen LogP contribution in [0.2, 0.25) is 0 Å². The van der Waals surface area contributed by atoms with Crippen LogP contribution in [-0.2, 0) is 21.2 Å². The van der Waals surface area contributed by atoms with Gasteiger partial charge in [-0.15, -0.1) is 0 Å². The van der Waals surface area contributed by atoms with E-state index in [-0.39, 0.29) is 22.3 Å². The third kappa shape index (κ3) is 6.60. The maximum absolute atomic E-state index is 13.9. The van der Waals surface area contributed by atoms with Crippen molar-refractivity contribution >= 4 is 27.3 Å². The number of rotatable bonds is 11. The number of nitrogens with one attached hydrogen (secondary N) is 1. The molecule has 0 aliphatic rings. The molecule has 0 aliphatic carbocycles. The number of benzene rings is 3. The van der Waals surface area contributed by atoms with Gasteiger partial charge in [0.25, 0.3) is 10.0 Å². The molecular formula is C29H32N4O6S. The fraction of sp³-hybridized carbons (Fsp3) is 0.276. The Hall–Kier alpha value is -4.38. The zero-order valence-electron chi connectivity index (χ0n) is 23.0. The minimum absolute atomic E-state index is 0.0444. The number of aryl methyl sites for hydroxylation is 1. The van der Waals surface area contributed by atoms with E-state index in [2.05, 4.69) is 15.5 Å². The quantitative estimate of drug-likeness (QED) is 0.272. The molecule has 4 rings (SSSR count). The number of carbonyl (C=O) groups is 1. The summed E-state index contributed by atoms with van der Waals surface area (Å²) in [7, 11) is -1.32. The normalized spacial score (nSPS) is 11.3. The Bertz CT molecular complexity index is 1580. The van der Waals surface area contributed by atoms with Crippen molar-refractivity contribution in [2.45, 2.75) is 38.0 Å². The summed E-state index contributed by atoms with van der Waals surface area (Å²) in [5, 5.41) is 6.79. The largest absolute Gasteiger partial charge is 0.497 e. The number of aromatic nitrogens is 2. The molecule has 0 atom stereocenters. The highest BCUT2D eigenvalue weighted by molar-refractivity contribution is 7.93. The Morgan fingerprint density at radius 1 is 1.02 bits per heavy atom. The van der Waals surface area contributed by atoms with E-state index in [0.29, 0.717) is 29.6 Å². The summed E-state index contributed by atoms with van der Waals surface area (Å²) in [5.74, 6) is 1.41. The Balaban J connectivity index is 1.56. The average molecular weight is 565 g/mol. The van der Waals surface area contributed by atoms with E-state index in [1.165, 1.54) is 20.3 Å². The molecule has 0 bridgehead atoms. The fourth-order valence-corrected chi connectivity index (χ4v) is 5.63. The van der Waals surface area contributed by atoms with Crippen molar-refractivity contribution in [2.24, 2.45) is 0 Å². The molecule has 1 heterocycles. The second-order valence-electron chi connectivity index (χ2n) is 9.49. The highest BCUT2D eigenvalue weighted by Gasteiger charge is 2.30. The first kappa shape index (κ1) is 28.6. The van der Waals surface area contributed by atoms with Crippen molar-refractivity contribution in [1.29, 1.82) is 0 Å². The molecule has 1 amide bonds. The van der Waals surface area contributed by atoms with E-state index in [0.717, 1.165) is 15.4 Å². The first-order valence-electron chi connectivity index (χ1n) is 12.6. The first-order chi connectivity index (χ1) is 19.1. The molecule has 210 valence electrons. The van der Waals surface area contributed by atoms with Gasteiger partial charge in [0.2, 0.25) is 11.8 Å². The molecule has 0 saturated carbocycles. The molecule has 0 aliphatic heterocycles. The third-order valence-electron chi connectivity index (χ3n) is 6.09. The van der Waals surface area contributed by atoms with E-state index < -0.39 is 22.5 Å². The van der Waals surface area contributed by atoms with E-state index >= 15 is 0 Å². The molecule has 1 N–H and O–H groups in total. The molecule has 10 nitrogen and oxygen atoms in total. The van der Waals surface area contributed by atoms with Crippen molar-refractivity contribution in [3.8, 4) is 11.5 Å². The lowest BCUT2D eigenvalue weighted by molar-refractivity contribution is -0.114. The lowest BCUT2D eigenvalue weighted by atomic mass is 10.1. The summed E-state index contributed by atoms with van der Waals surface area (Å²) in [6.07, 6.45) is 0.477. The van der Waals surface area contributed by atoms with E-state index in [1.54, 1.807) is 55.5 Å². The average Bonchev–Trinajstić information content (AvgIpc) is 3.41. The van der Waals surface area contributed by atoms with E-state index in [4.69, 9.17) is 14.0 Å². The Kier molecular flexibility index (Phi) is 8.73. The number of carbonyl (C=O) groups excluding carboxylic acids is 1.